The van der Waals surface area contributed by atoms with Gasteiger partial charge in [0.15, 0.2) is 5.96 Å². The number of methoxy groups -OCH3 is 1. The number of ether oxygens (including phenoxy) is 2. The Hall–Kier alpha value is -1.50. The molecule has 1 heterocycles. The van der Waals surface area contributed by atoms with Crippen molar-refractivity contribution >= 4 is 12.1 Å². The van der Waals surface area contributed by atoms with Crippen LogP contribution in [0.5, 0.6) is 0 Å². The van der Waals surface area contributed by atoms with Crippen LogP contribution in [0.3, 0.4) is 0 Å². The third kappa shape index (κ3) is 8.06. The van der Waals surface area contributed by atoms with E-state index in [1.807, 2.05) is 20.8 Å². The van der Waals surface area contributed by atoms with Gasteiger partial charge >= 0.3 is 6.09 Å². The molecule has 0 unspecified atom stereocenters. The number of carbonyl (C=O) groups excluding carboxylic acids is 1. The summed E-state index contributed by atoms with van der Waals surface area (Å²) >= 11 is 0. The van der Waals surface area contributed by atoms with Crippen molar-refractivity contribution in [2.45, 2.75) is 51.7 Å². The van der Waals surface area contributed by atoms with Crippen molar-refractivity contribution in [3.8, 4) is 0 Å². The van der Waals surface area contributed by atoms with Gasteiger partial charge < -0.3 is 25.0 Å². The van der Waals surface area contributed by atoms with Gasteiger partial charge in [-0.3, -0.25) is 4.99 Å². The Morgan fingerprint density at radius 3 is 2.52 bits per heavy atom. The van der Waals surface area contributed by atoms with Gasteiger partial charge in [-0.1, -0.05) is 0 Å². The lowest BCUT2D eigenvalue weighted by Crippen LogP contribution is -2.63. The van der Waals surface area contributed by atoms with Gasteiger partial charge in [0.05, 0.1) is 6.04 Å². The molecule has 1 saturated heterocycles. The van der Waals surface area contributed by atoms with Crippen LogP contribution in [0.2, 0.25) is 0 Å². The van der Waals surface area contributed by atoms with Gasteiger partial charge in [0.25, 0.3) is 0 Å². The molecule has 1 amide bonds. The summed E-state index contributed by atoms with van der Waals surface area (Å²) in [6, 6.07) is 0.224. The van der Waals surface area contributed by atoms with Crippen molar-refractivity contribution < 1.29 is 14.3 Å². The first-order valence-electron chi connectivity index (χ1n) is 8.29. The molecule has 0 aromatic rings. The monoisotopic (exact) mass is 328 g/mol. The number of amides is 1. The minimum Gasteiger partial charge on any atom is -0.444 e. The number of guanidine groups is 1. The molecule has 1 rings (SSSR count). The number of hydrogen-bond donors (Lipinski definition) is 2. The smallest absolute Gasteiger partial charge is 0.410 e. The van der Waals surface area contributed by atoms with E-state index in [0.717, 1.165) is 38.4 Å². The fourth-order valence-corrected chi connectivity index (χ4v) is 2.19. The maximum absolute atomic E-state index is 11.9. The first-order chi connectivity index (χ1) is 10.9. The van der Waals surface area contributed by atoms with Gasteiger partial charge in [0.2, 0.25) is 0 Å². The molecule has 1 aliphatic heterocycles. The molecule has 1 aliphatic rings. The lowest BCUT2D eigenvalue weighted by Gasteiger charge is -2.40. The van der Waals surface area contributed by atoms with E-state index in [1.165, 1.54) is 0 Å². The number of aliphatic imine (C=N–C) groups is 1. The van der Waals surface area contributed by atoms with Gasteiger partial charge in [0, 0.05) is 40.4 Å². The van der Waals surface area contributed by atoms with Crippen LogP contribution < -0.4 is 10.6 Å². The highest BCUT2D eigenvalue weighted by Crippen LogP contribution is 2.15. The summed E-state index contributed by atoms with van der Waals surface area (Å²) in [5.74, 6) is 0.783. The second-order valence-electron chi connectivity index (χ2n) is 6.78. The molecule has 0 bridgehead atoms. The van der Waals surface area contributed by atoms with Gasteiger partial charge in [-0.2, -0.15) is 0 Å². The molecular formula is C16H32N4O3. The van der Waals surface area contributed by atoms with E-state index in [4.69, 9.17) is 9.47 Å². The fourth-order valence-electron chi connectivity index (χ4n) is 2.19. The molecule has 0 aliphatic carbocycles. The second-order valence-corrected chi connectivity index (χ2v) is 6.78. The maximum Gasteiger partial charge on any atom is 0.410 e. The van der Waals surface area contributed by atoms with E-state index in [0.29, 0.717) is 13.1 Å². The largest absolute Gasteiger partial charge is 0.444 e. The molecule has 0 spiro atoms. The molecule has 2 N–H and O–H groups in total. The molecule has 0 radical (unpaired) electrons. The van der Waals surface area contributed by atoms with E-state index in [1.54, 1.807) is 19.1 Å². The van der Waals surface area contributed by atoms with E-state index in [2.05, 4.69) is 15.6 Å². The number of rotatable bonds is 7. The number of carbonyl (C=O) groups is 1. The van der Waals surface area contributed by atoms with E-state index >= 15 is 0 Å². The SMILES string of the molecule is CN=C(NCCCCCOC)NC1CN(C(=O)OC(C)(C)C)C1. The Labute approximate surface area is 139 Å². The summed E-state index contributed by atoms with van der Waals surface area (Å²) in [5.41, 5.74) is -0.448. The number of likely N-dealkylation sites (tertiary alicyclic amines) is 1. The third-order valence-corrected chi connectivity index (χ3v) is 3.42. The van der Waals surface area contributed by atoms with Gasteiger partial charge in [-0.25, -0.2) is 4.79 Å². The Morgan fingerprint density at radius 2 is 1.96 bits per heavy atom. The Morgan fingerprint density at radius 1 is 1.26 bits per heavy atom. The molecule has 7 nitrogen and oxygen atoms in total. The Kier molecular flexibility index (Phi) is 8.16. The third-order valence-electron chi connectivity index (χ3n) is 3.42. The van der Waals surface area contributed by atoms with Crippen LogP contribution in [0.1, 0.15) is 40.0 Å². The average Bonchev–Trinajstić information content (AvgIpc) is 2.41. The molecule has 0 atom stereocenters. The zero-order valence-electron chi connectivity index (χ0n) is 15.1. The lowest BCUT2D eigenvalue weighted by molar-refractivity contribution is 0.00701. The predicted octanol–water partition coefficient (Wildman–Crippen LogP) is 1.59. The number of hydrogen-bond acceptors (Lipinski definition) is 4. The fraction of sp³-hybridized carbons (Fsp3) is 0.875. The van der Waals surface area contributed by atoms with Crippen molar-refractivity contribution in [2.24, 2.45) is 4.99 Å². The zero-order chi connectivity index (χ0) is 17.3. The number of unbranched alkanes of at least 4 members (excludes halogenated alkanes) is 2. The summed E-state index contributed by atoms with van der Waals surface area (Å²) in [4.78, 5) is 17.8. The molecule has 134 valence electrons. The molecule has 7 heteroatoms. The van der Waals surface area contributed by atoms with Crippen molar-refractivity contribution in [1.82, 2.24) is 15.5 Å². The first-order valence-corrected chi connectivity index (χ1v) is 8.29. The van der Waals surface area contributed by atoms with Crippen LogP contribution in [0.25, 0.3) is 0 Å². The topological polar surface area (TPSA) is 75.2 Å². The van der Waals surface area contributed by atoms with E-state index < -0.39 is 5.60 Å². The quantitative estimate of drug-likeness (QED) is 0.422. The summed E-state index contributed by atoms with van der Waals surface area (Å²) in [6.45, 7) is 8.60. The normalized spacial score (nSPS) is 16.0. The van der Waals surface area contributed by atoms with Gasteiger partial charge in [-0.05, 0) is 40.0 Å². The summed E-state index contributed by atoms with van der Waals surface area (Å²) in [5, 5.41) is 6.61. The molecule has 0 aromatic heterocycles. The predicted molar refractivity (Wildman–Crippen MR) is 91.8 cm³/mol. The maximum atomic E-state index is 11.9. The van der Waals surface area contributed by atoms with Crippen LogP contribution in [-0.2, 0) is 9.47 Å². The highest BCUT2D eigenvalue weighted by atomic mass is 16.6. The van der Waals surface area contributed by atoms with Gasteiger partial charge in [-0.15, -0.1) is 0 Å². The van der Waals surface area contributed by atoms with Crippen molar-refractivity contribution in [2.75, 3.05) is 40.4 Å². The lowest BCUT2D eigenvalue weighted by atomic mass is 10.1. The van der Waals surface area contributed by atoms with Crippen molar-refractivity contribution in [3.05, 3.63) is 0 Å². The van der Waals surface area contributed by atoms with Crippen LogP contribution in [-0.4, -0.2) is 69.0 Å². The van der Waals surface area contributed by atoms with Crippen LogP contribution in [0.4, 0.5) is 4.79 Å². The summed E-state index contributed by atoms with van der Waals surface area (Å²) in [6.07, 6.45) is 3.04. The summed E-state index contributed by atoms with van der Waals surface area (Å²) < 4.78 is 10.4. The first kappa shape index (κ1) is 19.5. The molecule has 1 fully saturated rings. The van der Waals surface area contributed by atoms with E-state index in [9.17, 15) is 4.79 Å². The van der Waals surface area contributed by atoms with Crippen LogP contribution in [0.15, 0.2) is 4.99 Å². The Bertz CT molecular complexity index is 387. The standard InChI is InChI=1S/C16H32N4O3/c1-16(2,3)23-15(21)20-11-13(12-20)19-14(17-4)18-9-7-6-8-10-22-5/h13H,6-12H2,1-5H3,(H2,17,18,19). The zero-order valence-corrected chi connectivity index (χ0v) is 15.1. The van der Waals surface area contributed by atoms with Crippen molar-refractivity contribution in [1.29, 1.82) is 0 Å². The highest BCUT2D eigenvalue weighted by molar-refractivity contribution is 5.80. The molecular weight excluding hydrogens is 296 g/mol. The molecule has 23 heavy (non-hydrogen) atoms. The van der Waals surface area contributed by atoms with Gasteiger partial charge in [0.1, 0.15) is 5.60 Å². The Balaban J connectivity index is 2.15. The van der Waals surface area contributed by atoms with Crippen LogP contribution in [0, 0.1) is 0 Å². The summed E-state index contributed by atoms with van der Waals surface area (Å²) in [7, 11) is 3.48. The van der Waals surface area contributed by atoms with Crippen molar-refractivity contribution in [3.63, 3.8) is 0 Å². The second kappa shape index (κ2) is 9.60. The minimum absolute atomic E-state index is 0.224. The molecule has 0 saturated carbocycles. The number of nitrogens with zero attached hydrogens (tertiary/aromatic N) is 2. The van der Waals surface area contributed by atoms with Crippen LogP contribution >= 0.6 is 0 Å². The van der Waals surface area contributed by atoms with E-state index in [-0.39, 0.29) is 12.1 Å². The molecule has 0 aromatic carbocycles. The highest BCUT2D eigenvalue weighted by Gasteiger charge is 2.34. The number of nitrogens with one attached hydrogen (secondary N) is 2. The minimum atomic E-state index is -0.448. The average molecular weight is 328 g/mol.